The quantitative estimate of drug-likeness (QED) is 0.812. The van der Waals surface area contributed by atoms with Crippen LogP contribution in [0, 0.1) is 5.41 Å². The van der Waals surface area contributed by atoms with Gasteiger partial charge in [-0.1, -0.05) is 57.5 Å². The van der Waals surface area contributed by atoms with Crippen molar-refractivity contribution in [3.8, 4) is 0 Å². The minimum Gasteiger partial charge on any atom is -0.314 e. The van der Waals surface area contributed by atoms with Gasteiger partial charge in [0.15, 0.2) is 0 Å². The van der Waals surface area contributed by atoms with E-state index in [-0.39, 0.29) is 0 Å². The molecule has 1 rings (SSSR count). The van der Waals surface area contributed by atoms with Crippen LogP contribution in [-0.4, -0.2) is 31.1 Å². The summed E-state index contributed by atoms with van der Waals surface area (Å²) in [6.45, 7) is 12.1. The van der Waals surface area contributed by atoms with E-state index in [2.05, 4.69) is 51.0 Å². The summed E-state index contributed by atoms with van der Waals surface area (Å²) in [7, 11) is 2.16. The zero-order valence-corrected chi connectivity index (χ0v) is 14.3. The van der Waals surface area contributed by atoms with Crippen LogP contribution in [-0.2, 0) is 6.54 Å². The second-order valence-electron chi connectivity index (χ2n) is 6.59. The van der Waals surface area contributed by atoms with Gasteiger partial charge in [0.1, 0.15) is 0 Å². The summed E-state index contributed by atoms with van der Waals surface area (Å²) in [5, 5.41) is 4.46. The van der Waals surface area contributed by atoms with Crippen LogP contribution in [0.5, 0.6) is 0 Å². The maximum atomic E-state index is 6.21. The summed E-state index contributed by atoms with van der Waals surface area (Å²) in [6.07, 6.45) is 1.15. The van der Waals surface area contributed by atoms with Crippen LogP contribution in [0.1, 0.15) is 39.7 Å². The lowest BCUT2D eigenvalue weighted by molar-refractivity contribution is 0.221. The van der Waals surface area contributed by atoms with Crippen LogP contribution in [0.25, 0.3) is 0 Å². The molecule has 114 valence electrons. The van der Waals surface area contributed by atoms with Crippen molar-refractivity contribution in [3.63, 3.8) is 0 Å². The van der Waals surface area contributed by atoms with Gasteiger partial charge in [-0.2, -0.15) is 0 Å². The molecular formula is C17H29ClN2. The van der Waals surface area contributed by atoms with Gasteiger partial charge < -0.3 is 10.2 Å². The fourth-order valence-corrected chi connectivity index (χ4v) is 2.63. The van der Waals surface area contributed by atoms with Gasteiger partial charge in [-0.05, 0) is 43.6 Å². The minimum atomic E-state index is 0.293. The average molecular weight is 297 g/mol. The van der Waals surface area contributed by atoms with E-state index in [1.54, 1.807) is 0 Å². The first-order valence-corrected chi connectivity index (χ1v) is 7.87. The Labute approximate surface area is 129 Å². The van der Waals surface area contributed by atoms with Crippen LogP contribution in [0.15, 0.2) is 24.3 Å². The summed E-state index contributed by atoms with van der Waals surface area (Å²) in [6, 6.07) is 8.63. The van der Waals surface area contributed by atoms with Gasteiger partial charge in [-0.15, -0.1) is 0 Å². The number of benzene rings is 1. The highest BCUT2D eigenvalue weighted by molar-refractivity contribution is 6.31. The molecule has 0 aliphatic rings. The third kappa shape index (κ3) is 5.82. The standard InChI is InChI=1S/C17H29ClN2/c1-6-19-16(17(2,3)4)11-12-20(5)13-14-9-7-8-10-15(14)18/h7-10,16,19H,6,11-13H2,1-5H3. The fourth-order valence-electron chi connectivity index (χ4n) is 2.43. The normalized spacial score (nSPS) is 13.8. The number of nitrogens with one attached hydrogen (secondary N) is 1. The van der Waals surface area contributed by atoms with Crippen molar-refractivity contribution < 1.29 is 0 Å². The topological polar surface area (TPSA) is 15.3 Å². The van der Waals surface area contributed by atoms with Crippen LogP contribution < -0.4 is 5.32 Å². The molecule has 0 amide bonds. The van der Waals surface area contributed by atoms with Crippen molar-refractivity contribution >= 4 is 11.6 Å². The second kappa shape index (κ2) is 8.02. The SMILES string of the molecule is CCNC(CCN(C)Cc1ccccc1Cl)C(C)(C)C. The van der Waals surface area contributed by atoms with Crippen molar-refractivity contribution in [1.82, 2.24) is 10.2 Å². The Morgan fingerprint density at radius 2 is 1.90 bits per heavy atom. The Kier molecular flexibility index (Phi) is 7.01. The van der Waals surface area contributed by atoms with Crippen molar-refractivity contribution in [2.24, 2.45) is 5.41 Å². The molecule has 3 heteroatoms. The van der Waals surface area contributed by atoms with Crippen molar-refractivity contribution in [3.05, 3.63) is 34.9 Å². The highest BCUT2D eigenvalue weighted by Crippen LogP contribution is 2.22. The molecule has 1 aromatic rings. The smallest absolute Gasteiger partial charge is 0.0451 e. The molecule has 0 saturated carbocycles. The van der Waals surface area contributed by atoms with Gasteiger partial charge in [-0.3, -0.25) is 0 Å². The van der Waals surface area contributed by atoms with E-state index in [9.17, 15) is 0 Å². The average Bonchev–Trinajstić information content (AvgIpc) is 2.36. The predicted octanol–water partition coefficient (Wildman–Crippen LogP) is 4.19. The molecule has 0 aliphatic heterocycles. The third-order valence-corrected chi connectivity index (χ3v) is 4.06. The Bertz CT molecular complexity index is 398. The maximum absolute atomic E-state index is 6.21. The van der Waals surface area contributed by atoms with Gasteiger partial charge in [0.25, 0.3) is 0 Å². The lowest BCUT2D eigenvalue weighted by Gasteiger charge is -2.33. The maximum Gasteiger partial charge on any atom is 0.0451 e. The Balaban J connectivity index is 2.50. The summed E-state index contributed by atoms with van der Waals surface area (Å²) in [5.74, 6) is 0. The molecule has 0 bridgehead atoms. The molecule has 0 heterocycles. The van der Waals surface area contributed by atoms with Gasteiger partial charge in [0.05, 0.1) is 0 Å². The Morgan fingerprint density at radius 1 is 1.25 bits per heavy atom. The van der Waals surface area contributed by atoms with Crippen molar-refractivity contribution in [1.29, 1.82) is 0 Å². The lowest BCUT2D eigenvalue weighted by atomic mass is 9.84. The molecule has 2 nitrogen and oxygen atoms in total. The largest absolute Gasteiger partial charge is 0.314 e. The van der Waals surface area contributed by atoms with E-state index >= 15 is 0 Å². The Hall–Kier alpha value is -0.570. The molecule has 1 unspecified atom stereocenters. The zero-order valence-electron chi connectivity index (χ0n) is 13.5. The molecule has 1 N–H and O–H groups in total. The van der Waals surface area contributed by atoms with Gasteiger partial charge in [0, 0.05) is 17.6 Å². The monoisotopic (exact) mass is 296 g/mol. The molecule has 0 fully saturated rings. The van der Waals surface area contributed by atoms with Crippen LogP contribution in [0.2, 0.25) is 5.02 Å². The fraction of sp³-hybridized carbons (Fsp3) is 0.647. The van der Waals surface area contributed by atoms with E-state index < -0.39 is 0 Å². The molecule has 0 aromatic heterocycles. The molecule has 0 radical (unpaired) electrons. The van der Waals surface area contributed by atoms with E-state index in [1.807, 2.05) is 18.2 Å². The first-order chi connectivity index (χ1) is 9.34. The number of nitrogens with zero attached hydrogens (tertiary/aromatic N) is 1. The summed E-state index contributed by atoms with van der Waals surface area (Å²) < 4.78 is 0. The first-order valence-electron chi connectivity index (χ1n) is 7.50. The van der Waals surface area contributed by atoms with Gasteiger partial charge in [-0.25, -0.2) is 0 Å². The van der Waals surface area contributed by atoms with E-state index in [0.29, 0.717) is 11.5 Å². The molecule has 1 atom stereocenters. The van der Waals surface area contributed by atoms with E-state index in [0.717, 1.165) is 31.1 Å². The van der Waals surface area contributed by atoms with E-state index in [4.69, 9.17) is 11.6 Å². The summed E-state index contributed by atoms with van der Waals surface area (Å²) >= 11 is 6.21. The molecule has 0 aliphatic carbocycles. The second-order valence-corrected chi connectivity index (χ2v) is 7.00. The van der Waals surface area contributed by atoms with E-state index in [1.165, 1.54) is 5.56 Å². The Morgan fingerprint density at radius 3 is 2.45 bits per heavy atom. The summed E-state index contributed by atoms with van der Waals surface area (Å²) in [4.78, 5) is 2.34. The third-order valence-electron chi connectivity index (χ3n) is 3.69. The highest BCUT2D eigenvalue weighted by Gasteiger charge is 2.23. The first kappa shape index (κ1) is 17.5. The summed E-state index contributed by atoms with van der Waals surface area (Å²) in [5.41, 5.74) is 1.49. The molecule has 0 spiro atoms. The van der Waals surface area contributed by atoms with Gasteiger partial charge >= 0.3 is 0 Å². The van der Waals surface area contributed by atoms with Crippen LogP contribution in [0.3, 0.4) is 0 Å². The van der Waals surface area contributed by atoms with Crippen molar-refractivity contribution in [2.75, 3.05) is 20.1 Å². The van der Waals surface area contributed by atoms with Crippen LogP contribution >= 0.6 is 11.6 Å². The zero-order chi connectivity index (χ0) is 15.2. The molecule has 20 heavy (non-hydrogen) atoms. The number of hydrogen-bond donors (Lipinski definition) is 1. The number of rotatable bonds is 7. The molecule has 0 saturated heterocycles. The van der Waals surface area contributed by atoms with Crippen LogP contribution in [0.4, 0.5) is 0 Å². The minimum absolute atomic E-state index is 0.293. The lowest BCUT2D eigenvalue weighted by Crippen LogP contribution is -2.42. The molecular weight excluding hydrogens is 268 g/mol. The molecule has 1 aromatic carbocycles. The predicted molar refractivity (Wildman–Crippen MR) is 89.3 cm³/mol. The number of halogens is 1. The highest BCUT2D eigenvalue weighted by atomic mass is 35.5. The van der Waals surface area contributed by atoms with Crippen molar-refractivity contribution in [2.45, 2.75) is 46.7 Å². The van der Waals surface area contributed by atoms with Gasteiger partial charge in [0.2, 0.25) is 0 Å². The number of hydrogen-bond acceptors (Lipinski definition) is 2.